The lowest BCUT2D eigenvalue weighted by atomic mass is 9.91. The summed E-state index contributed by atoms with van der Waals surface area (Å²) in [6.07, 6.45) is 2.58. The van der Waals surface area contributed by atoms with Crippen molar-refractivity contribution in [3.05, 3.63) is 177 Å². The molecule has 2 aliphatic rings. The van der Waals surface area contributed by atoms with Gasteiger partial charge in [0.25, 0.3) is 11.8 Å². The Morgan fingerprint density at radius 2 is 1.45 bits per heavy atom. The average Bonchev–Trinajstić information content (AvgIpc) is 3.36. The van der Waals surface area contributed by atoms with Gasteiger partial charge in [0.15, 0.2) is 6.61 Å². The number of aliphatic hydroxyl groups is 1. The summed E-state index contributed by atoms with van der Waals surface area (Å²) >= 11 is 0. The van der Waals surface area contributed by atoms with E-state index in [9.17, 15) is 29.4 Å². The van der Waals surface area contributed by atoms with Crippen molar-refractivity contribution in [3.63, 3.8) is 0 Å². The maximum absolute atomic E-state index is 13.8. The number of carbonyl (C=O) groups is 3. The molecule has 2 unspecified atom stereocenters. The maximum Gasteiger partial charge on any atom is 0.317 e. The number of aromatic amines is 1. The van der Waals surface area contributed by atoms with Gasteiger partial charge in [-0.3, -0.25) is 24.1 Å². The van der Waals surface area contributed by atoms with Crippen molar-refractivity contribution in [1.29, 1.82) is 0 Å². The fraction of sp³-hybridized carbons (Fsp3) is 0.333. The first-order chi connectivity index (χ1) is 32.7. The fourth-order valence-electron chi connectivity index (χ4n) is 9.08. The Bertz CT molecular complexity index is 2640. The Morgan fingerprint density at radius 3 is 2.19 bits per heavy atom. The van der Waals surface area contributed by atoms with E-state index in [4.69, 9.17) is 9.47 Å². The van der Waals surface area contributed by atoms with Gasteiger partial charge in [-0.1, -0.05) is 91.0 Å². The normalized spacial score (nSPS) is 15.7. The SMILES string of the molecule is O=C(NCC1CCN(C(=O)COc2cccc(C(C(=O)OCC3CCN(Cc4ccccc4)CC3)c3ccccc3)c2)CC1)c1ccc(CNCC(O)c2ccc(O)c3[nH]c(=O)ccc23)cc1. The van der Waals surface area contributed by atoms with Crippen molar-refractivity contribution in [2.75, 3.05) is 52.5 Å². The highest BCUT2D eigenvalue weighted by atomic mass is 16.5. The molecule has 0 radical (unpaired) electrons. The van der Waals surface area contributed by atoms with Gasteiger partial charge in [0, 0.05) is 56.3 Å². The molecule has 5 aromatic carbocycles. The van der Waals surface area contributed by atoms with Gasteiger partial charge >= 0.3 is 5.97 Å². The van der Waals surface area contributed by atoms with Crippen LogP contribution in [-0.2, 0) is 27.4 Å². The zero-order valence-electron chi connectivity index (χ0n) is 37.6. The molecule has 348 valence electrons. The molecule has 0 saturated carbocycles. The second-order valence-corrected chi connectivity index (χ2v) is 17.7. The summed E-state index contributed by atoms with van der Waals surface area (Å²) < 4.78 is 12.1. The molecule has 8 rings (SSSR count). The van der Waals surface area contributed by atoms with Crippen LogP contribution in [0, 0.1) is 11.8 Å². The van der Waals surface area contributed by atoms with E-state index in [1.165, 1.54) is 17.7 Å². The molecular formula is C54H59N5O8. The summed E-state index contributed by atoms with van der Waals surface area (Å²) in [5.74, 6) is -0.235. The molecule has 2 atom stereocenters. The smallest absolute Gasteiger partial charge is 0.317 e. The predicted molar refractivity (Wildman–Crippen MR) is 257 cm³/mol. The zero-order valence-corrected chi connectivity index (χ0v) is 37.6. The van der Waals surface area contributed by atoms with E-state index in [2.05, 4.69) is 44.8 Å². The van der Waals surface area contributed by atoms with Gasteiger partial charge < -0.3 is 40.2 Å². The predicted octanol–water partition coefficient (Wildman–Crippen LogP) is 6.69. The number of carbonyl (C=O) groups excluding carboxylic acids is 3. The Balaban J connectivity index is 0.750. The Hall–Kier alpha value is -6.80. The third-order valence-electron chi connectivity index (χ3n) is 13.0. The summed E-state index contributed by atoms with van der Waals surface area (Å²) in [5.41, 5.74) is 4.88. The molecule has 67 heavy (non-hydrogen) atoms. The van der Waals surface area contributed by atoms with Crippen molar-refractivity contribution in [3.8, 4) is 11.5 Å². The number of benzene rings is 5. The monoisotopic (exact) mass is 905 g/mol. The lowest BCUT2D eigenvalue weighted by Gasteiger charge is -2.32. The van der Waals surface area contributed by atoms with Crippen molar-refractivity contribution >= 4 is 28.7 Å². The molecule has 0 spiro atoms. The lowest BCUT2D eigenvalue weighted by molar-refractivity contribution is -0.146. The van der Waals surface area contributed by atoms with E-state index in [-0.39, 0.29) is 53.7 Å². The molecule has 2 aliphatic heterocycles. The first kappa shape index (κ1) is 46.7. The van der Waals surface area contributed by atoms with Crippen LogP contribution < -0.4 is 20.9 Å². The van der Waals surface area contributed by atoms with E-state index in [0.29, 0.717) is 61.0 Å². The number of rotatable bonds is 18. The molecule has 2 fully saturated rings. The van der Waals surface area contributed by atoms with Crippen LogP contribution in [0.1, 0.15) is 75.9 Å². The fourth-order valence-corrected chi connectivity index (χ4v) is 9.08. The van der Waals surface area contributed by atoms with Gasteiger partial charge in [0.2, 0.25) is 5.56 Å². The van der Waals surface area contributed by atoms with Crippen molar-refractivity contribution in [1.82, 2.24) is 25.4 Å². The maximum atomic E-state index is 13.8. The van der Waals surface area contributed by atoms with Gasteiger partial charge in [-0.2, -0.15) is 0 Å². The largest absolute Gasteiger partial charge is 0.506 e. The third-order valence-corrected chi connectivity index (χ3v) is 13.0. The summed E-state index contributed by atoms with van der Waals surface area (Å²) in [6, 6.07) is 40.8. The van der Waals surface area contributed by atoms with Crippen molar-refractivity contribution in [2.45, 2.75) is 50.8 Å². The van der Waals surface area contributed by atoms with Crippen LogP contribution in [0.2, 0.25) is 0 Å². The molecule has 2 amide bonds. The van der Waals surface area contributed by atoms with Gasteiger partial charge in [-0.25, -0.2) is 0 Å². The van der Waals surface area contributed by atoms with Crippen molar-refractivity contribution in [2.24, 2.45) is 11.8 Å². The summed E-state index contributed by atoms with van der Waals surface area (Å²) in [6.45, 7) is 5.45. The minimum absolute atomic E-state index is 0.0628. The summed E-state index contributed by atoms with van der Waals surface area (Å²) in [4.78, 5) is 58.8. The van der Waals surface area contributed by atoms with E-state index in [0.717, 1.165) is 62.0 Å². The molecule has 6 aromatic rings. The number of hydrogen-bond acceptors (Lipinski definition) is 10. The number of nitrogens with one attached hydrogen (secondary N) is 3. The zero-order chi connectivity index (χ0) is 46.5. The third kappa shape index (κ3) is 12.6. The number of phenolic OH excluding ortho intramolecular Hbond substituents is 1. The lowest BCUT2D eigenvalue weighted by Crippen LogP contribution is -2.43. The Kier molecular flexibility index (Phi) is 15.8. The summed E-state index contributed by atoms with van der Waals surface area (Å²) in [7, 11) is 0. The number of hydrogen-bond donors (Lipinski definition) is 5. The molecular weight excluding hydrogens is 847 g/mol. The molecule has 0 bridgehead atoms. The first-order valence-corrected chi connectivity index (χ1v) is 23.3. The number of aromatic hydroxyl groups is 1. The second-order valence-electron chi connectivity index (χ2n) is 17.7. The van der Waals surface area contributed by atoms with Gasteiger partial charge in [-0.15, -0.1) is 0 Å². The molecule has 13 nitrogen and oxygen atoms in total. The van der Waals surface area contributed by atoms with Crippen LogP contribution in [0.25, 0.3) is 10.9 Å². The molecule has 5 N–H and O–H groups in total. The van der Waals surface area contributed by atoms with Crippen LogP contribution in [0.4, 0.5) is 0 Å². The number of phenols is 1. The van der Waals surface area contributed by atoms with Crippen LogP contribution in [0.15, 0.2) is 138 Å². The number of esters is 1. The Morgan fingerprint density at radius 1 is 0.746 bits per heavy atom. The van der Waals surface area contributed by atoms with E-state index < -0.39 is 12.0 Å². The van der Waals surface area contributed by atoms with Gasteiger partial charge in [-0.05, 0) is 115 Å². The number of H-pyrrole nitrogens is 1. The molecule has 1 aromatic heterocycles. The van der Waals surface area contributed by atoms with Crippen LogP contribution in [0.3, 0.4) is 0 Å². The number of ether oxygens (including phenoxy) is 2. The standard InChI is InChI=1S/C54H59N5O8/c60-47-20-18-45(46-19-21-49(62)57-52(46)47)48(61)33-55-31-37-14-16-42(17-15-37)53(64)56-32-38-24-28-59(29-25-38)50(63)36-66-44-13-7-12-43(30-44)51(41-10-5-2-6-11-41)54(65)67-35-40-22-26-58(27-23-40)34-39-8-3-1-4-9-39/h1-21,30,38,40,48,51,55,60-61H,22-29,31-36H2,(H,56,64)(H,57,62). The van der Waals surface area contributed by atoms with E-state index in [1.54, 1.807) is 35.2 Å². The number of amides is 2. The highest BCUT2D eigenvalue weighted by Gasteiger charge is 2.28. The number of piperidine rings is 2. The van der Waals surface area contributed by atoms with Crippen LogP contribution in [-0.4, -0.2) is 95.3 Å². The minimum atomic E-state index is -0.880. The van der Waals surface area contributed by atoms with Gasteiger partial charge in [0.05, 0.1) is 18.2 Å². The second kappa shape index (κ2) is 22.6. The van der Waals surface area contributed by atoms with E-state index >= 15 is 0 Å². The molecule has 2 saturated heterocycles. The minimum Gasteiger partial charge on any atom is -0.506 e. The Labute approximate surface area is 390 Å². The first-order valence-electron chi connectivity index (χ1n) is 23.3. The summed E-state index contributed by atoms with van der Waals surface area (Å²) in [5, 5.41) is 27.9. The van der Waals surface area contributed by atoms with Gasteiger partial charge in [0.1, 0.15) is 17.4 Å². The highest BCUT2D eigenvalue weighted by Crippen LogP contribution is 2.31. The van der Waals surface area contributed by atoms with Crippen molar-refractivity contribution < 1.29 is 34.1 Å². The number of aromatic nitrogens is 1. The topological polar surface area (TPSA) is 174 Å². The van der Waals surface area contributed by atoms with E-state index in [1.807, 2.05) is 66.7 Å². The molecule has 3 heterocycles. The number of aliphatic hydroxyl groups excluding tert-OH is 1. The van der Waals surface area contributed by atoms with Crippen LogP contribution in [0.5, 0.6) is 11.5 Å². The molecule has 0 aliphatic carbocycles. The highest BCUT2D eigenvalue weighted by molar-refractivity contribution is 5.94. The van der Waals surface area contributed by atoms with Crippen LogP contribution >= 0.6 is 0 Å². The number of likely N-dealkylation sites (tertiary alicyclic amines) is 2. The molecule has 13 heteroatoms. The average molecular weight is 906 g/mol. The number of fused-ring (bicyclic) bond motifs is 1. The number of pyridine rings is 1. The number of nitrogens with zero attached hydrogens (tertiary/aromatic N) is 2. The quantitative estimate of drug-likeness (QED) is 0.0585.